The number of Topliss-reactive ketones (excluding diaryl/α,β-unsaturated/α-hetero) is 1. The summed E-state index contributed by atoms with van der Waals surface area (Å²) in [4.78, 5) is 47.4. The molecule has 4 heterocycles. The van der Waals surface area contributed by atoms with E-state index in [9.17, 15) is 24.6 Å². The molecule has 0 radical (unpaired) electrons. The van der Waals surface area contributed by atoms with E-state index in [0.29, 0.717) is 17.0 Å². The molecule has 3 N–H and O–H groups in total. The minimum Gasteiger partial charge on any atom is -0.507 e. The molecule has 1 atom stereocenters. The Morgan fingerprint density at radius 2 is 1.60 bits per heavy atom. The third-order valence-corrected chi connectivity index (χ3v) is 9.17. The summed E-state index contributed by atoms with van der Waals surface area (Å²) in [7, 11) is 0. The molecule has 11 nitrogen and oxygen atoms in total. The molecule has 3 aromatic heterocycles. The van der Waals surface area contributed by atoms with Crippen LogP contribution in [0.4, 0.5) is 0 Å². The number of aromatic hydroxyl groups is 2. The Balaban J connectivity index is 1.35. The van der Waals surface area contributed by atoms with E-state index in [1.165, 1.54) is 23.6 Å². The highest BCUT2D eigenvalue weighted by Crippen LogP contribution is 2.60. The zero-order chi connectivity index (χ0) is 32.8. The van der Waals surface area contributed by atoms with E-state index >= 15 is 0 Å². The van der Waals surface area contributed by atoms with E-state index in [-0.39, 0.29) is 68.8 Å². The van der Waals surface area contributed by atoms with Crippen LogP contribution in [0.5, 0.6) is 17.2 Å². The summed E-state index contributed by atoms with van der Waals surface area (Å²) in [6.45, 7) is 5.11. The number of ether oxygens (including phenoxy) is 1. The quantitative estimate of drug-likeness (QED) is 0.250. The van der Waals surface area contributed by atoms with Crippen LogP contribution in [0.2, 0.25) is 0 Å². The third kappa shape index (κ3) is 3.89. The number of allylic oxidation sites excluding steroid dienone is 1. The average molecular weight is 626 g/mol. The van der Waals surface area contributed by atoms with E-state index in [1.807, 2.05) is 60.7 Å². The van der Waals surface area contributed by atoms with Gasteiger partial charge in [0.2, 0.25) is 0 Å². The summed E-state index contributed by atoms with van der Waals surface area (Å²) in [5, 5.41) is 27.8. The number of para-hydroxylation sites is 1. The van der Waals surface area contributed by atoms with Crippen LogP contribution in [0, 0.1) is 13.8 Å². The number of rotatable bonds is 4. The van der Waals surface area contributed by atoms with E-state index in [0.717, 1.165) is 11.3 Å². The minimum atomic E-state index is -1.45. The van der Waals surface area contributed by atoms with Crippen LogP contribution in [0.3, 0.4) is 0 Å². The second-order valence-electron chi connectivity index (χ2n) is 12.0. The van der Waals surface area contributed by atoms with Gasteiger partial charge < -0.3 is 14.9 Å². The summed E-state index contributed by atoms with van der Waals surface area (Å²) >= 11 is 0. The van der Waals surface area contributed by atoms with Crippen molar-refractivity contribution in [2.45, 2.75) is 32.7 Å². The molecule has 2 aliphatic rings. The molecule has 0 unspecified atom stereocenters. The van der Waals surface area contributed by atoms with E-state index < -0.39 is 16.7 Å². The number of phenolic OH excluding ortho intramolecular Hbond substituents is 2. The SMILES string of the molecule is Cc1nn(-c2ccccc2)c2c1C(=O)[C@@]1(C)C(=C2)Oc2c(-c3ccc4c(=O)[nH]c(=O)n(Cc5ccccc5)c4n3)c(O)c(C)c(O)c21. The van der Waals surface area contributed by atoms with Crippen LogP contribution >= 0.6 is 0 Å². The molecular formula is C36H27N5O6. The summed E-state index contributed by atoms with van der Waals surface area (Å²) in [5.41, 5.74) is 1.04. The number of pyridine rings is 1. The van der Waals surface area contributed by atoms with Crippen molar-refractivity contribution in [1.29, 1.82) is 0 Å². The van der Waals surface area contributed by atoms with Gasteiger partial charge in [-0.3, -0.25) is 19.1 Å². The van der Waals surface area contributed by atoms with Crippen molar-refractivity contribution >= 4 is 22.9 Å². The van der Waals surface area contributed by atoms with Gasteiger partial charge in [0.1, 0.15) is 28.4 Å². The Labute approximate surface area is 266 Å². The lowest BCUT2D eigenvalue weighted by molar-refractivity contribution is 0.0905. The molecule has 6 aromatic rings. The van der Waals surface area contributed by atoms with Gasteiger partial charge in [-0.1, -0.05) is 48.5 Å². The number of benzene rings is 3. The van der Waals surface area contributed by atoms with E-state index in [4.69, 9.17) is 9.72 Å². The van der Waals surface area contributed by atoms with Gasteiger partial charge in [-0.25, -0.2) is 14.5 Å². The Hall–Kier alpha value is -6.23. The number of nitrogens with zero attached hydrogens (tertiary/aromatic N) is 4. The number of carbonyl (C=O) groups excluding carboxylic acids is 1. The number of H-pyrrole nitrogens is 1. The first-order valence-electron chi connectivity index (χ1n) is 15.0. The molecule has 0 spiro atoms. The van der Waals surface area contributed by atoms with Crippen LogP contribution in [-0.4, -0.2) is 40.3 Å². The fraction of sp³-hybridized carbons (Fsp3) is 0.139. The molecule has 11 heteroatoms. The van der Waals surface area contributed by atoms with Crippen molar-refractivity contribution in [3.8, 4) is 34.2 Å². The van der Waals surface area contributed by atoms with E-state index in [2.05, 4.69) is 10.1 Å². The highest BCUT2D eigenvalue weighted by molar-refractivity contribution is 6.14. The monoisotopic (exact) mass is 625 g/mol. The summed E-state index contributed by atoms with van der Waals surface area (Å²) in [6, 6.07) is 21.7. The van der Waals surface area contributed by atoms with Gasteiger partial charge in [-0.15, -0.1) is 0 Å². The largest absolute Gasteiger partial charge is 0.507 e. The zero-order valence-electron chi connectivity index (χ0n) is 25.5. The smallest absolute Gasteiger partial charge is 0.330 e. The minimum absolute atomic E-state index is 0.0587. The Bertz CT molecular complexity index is 2480. The molecule has 1 aliphatic heterocycles. The van der Waals surface area contributed by atoms with Crippen LogP contribution in [0.1, 0.15) is 45.4 Å². The number of nitrogens with one attached hydrogen (secondary N) is 1. The van der Waals surface area contributed by atoms with Gasteiger partial charge in [0.05, 0.1) is 51.4 Å². The topological polar surface area (TPSA) is 152 Å². The first kappa shape index (κ1) is 28.3. The first-order chi connectivity index (χ1) is 22.6. The maximum Gasteiger partial charge on any atom is 0.330 e. The van der Waals surface area contributed by atoms with Crippen LogP contribution < -0.4 is 16.0 Å². The van der Waals surface area contributed by atoms with Crippen molar-refractivity contribution in [3.63, 3.8) is 0 Å². The van der Waals surface area contributed by atoms with Gasteiger partial charge in [0.15, 0.2) is 11.4 Å². The number of aromatic amines is 1. The normalized spacial score (nSPS) is 16.4. The molecule has 3 aromatic carbocycles. The second-order valence-corrected chi connectivity index (χ2v) is 12.0. The summed E-state index contributed by atoms with van der Waals surface area (Å²) in [5.74, 6) is -0.598. The average Bonchev–Trinajstić information content (AvgIpc) is 3.56. The Morgan fingerprint density at radius 1 is 0.894 bits per heavy atom. The van der Waals surface area contributed by atoms with Crippen LogP contribution in [-0.2, 0) is 12.0 Å². The standard InChI is InChI=1S/C36H27N5O6/c1-18-29(42)27(23-15-14-22-33(37-23)40(35(46)38-34(22)45)17-20-10-6-4-7-11-20)31-28(30(18)43)36(3)25(47-31)16-24-26(32(36)44)19(2)39-41(24)21-12-8-5-9-13-21/h4-16,42-43H,17H2,1-3H3,(H,38,45,46)/t36-/m0/s1. The van der Waals surface area contributed by atoms with Gasteiger partial charge in [-0.05, 0) is 50.6 Å². The second kappa shape index (κ2) is 9.88. The number of phenols is 2. The molecule has 0 bridgehead atoms. The molecule has 0 fully saturated rings. The van der Waals surface area contributed by atoms with Crippen molar-refractivity contribution in [3.05, 3.63) is 133 Å². The molecule has 8 rings (SSSR count). The number of hydrogen-bond donors (Lipinski definition) is 3. The van der Waals surface area contributed by atoms with Crippen molar-refractivity contribution in [2.24, 2.45) is 0 Å². The van der Waals surface area contributed by atoms with Crippen LogP contribution in [0.15, 0.2) is 88.1 Å². The van der Waals surface area contributed by atoms with Gasteiger partial charge in [0.25, 0.3) is 5.56 Å². The predicted octanol–water partition coefficient (Wildman–Crippen LogP) is 4.90. The summed E-state index contributed by atoms with van der Waals surface area (Å²) < 4.78 is 9.46. The van der Waals surface area contributed by atoms with Crippen molar-refractivity contribution in [1.82, 2.24) is 24.3 Å². The van der Waals surface area contributed by atoms with Crippen molar-refractivity contribution < 1.29 is 19.7 Å². The van der Waals surface area contributed by atoms with Gasteiger partial charge >= 0.3 is 5.69 Å². The molecule has 47 heavy (non-hydrogen) atoms. The van der Waals surface area contributed by atoms with Gasteiger partial charge in [-0.2, -0.15) is 5.10 Å². The van der Waals surface area contributed by atoms with E-state index in [1.54, 1.807) is 24.6 Å². The fourth-order valence-electron chi connectivity index (χ4n) is 6.68. The predicted molar refractivity (Wildman–Crippen MR) is 174 cm³/mol. The molecule has 0 saturated heterocycles. The Morgan fingerprint density at radius 3 is 2.32 bits per heavy atom. The number of aromatic nitrogens is 5. The van der Waals surface area contributed by atoms with Crippen molar-refractivity contribution in [2.75, 3.05) is 0 Å². The molecular weight excluding hydrogens is 598 g/mol. The number of hydrogen-bond acceptors (Lipinski definition) is 8. The molecule has 0 amide bonds. The fourth-order valence-corrected chi connectivity index (χ4v) is 6.68. The maximum atomic E-state index is 14.5. The first-order valence-corrected chi connectivity index (χ1v) is 15.0. The Kier molecular flexibility index (Phi) is 5.94. The molecule has 1 aliphatic carbocycles. The number of ketones is 1. The lowest BCUT2D eigenvalue weighted by atomic mass is 9.71. The van der Waals surface area contributed by atoms with Gasteiger partial charge in [0, 0.05) is 11.6 Å². The lowest BCUT2D eigenvalue weighted by Gasteiger charge is -2.27. The number of fused-ring (bicyclic) bond motifs is 5. The lowest BCUT2D eigenvalue weighted by Crippen LogP contribution is -2.36. The highest BCUT2D eigenvalue weighted by Gasteiger charge is 2.55. The molecule has 0 saturated carbocycles. The maximum absolute atomic E-state index is 14.5. The number of aryl methyl sites for hydroxylation is 1. The molecule has 232 valence electrons. The highest BCUT2D eigenvalue weighted by atomic mass is 16.5. The summed E-state index contributed by atoms with van der Waals surface area (Å²) in [6.07, 6.45) is 1.74. The number of carbonyl (C=O) groups is 1. The van der Waals surface area contributed by atoms with Crippen LogP contribution in [0.25, 0.3) is 34.1 Å². The third-order valence-electron chi connectivity index (χ3n) is 9.17. The zero-order valence-corrected chi connectivity index (χ0v) is 25.5.